The van der Waals surface area contributed by atoms with E-state index in [-0.39, 0.29) is 12.5 Å². The molecule has 7 atom stereocenters. The Morgan fingerprint density at radius 3 is 2.64 bits per heavy atom. The van der Waals surface area contributed by atoms with Crippen LogP contribution in [0.5, 0.6) is 0 Å². The molecule has 0 spiro atoms. The van der Waals surface area contributed by atoms with Gasteiger partial charge in [-0.25, -0.2) is 4.79 Å². The summed E-state index contributed by atoms with van der Waals surface area (Å²) in [6.45, 7) is 3.01. The summed E-state index contributed by atoms with van der Waals surface area (Å²) in [6, 6.07) is 10.4. The number of thioether (sulfide) groups is 1. The average Bonchev–Trinajstić information content (AvgIpc) is 3.31. The van der Waals surface area contributed by atoms with Crippen LogP contribution in [0.3, 0.4) is 0 Å². The first-order valence-electron chi connectivity index (χ1n) is 10.4. The Hall–Kier alpha value is -1.89. The van der Waals surface area contributed by atoms with Crippen molar-refractivity contribution in [1.82, 2.24) is 5.32 Å². The molecular weight excluding hydrogens is 518 g/mol. The van der Waals surface area contributed by atoms with Crippen molar-refractivity contribution in [3.05, 3.63) is 52.9 Å². The third-order valence-electron chi connectivity index (χ3n) is 5.26. The molecule has 33 heavy (non-hydrogen) atoms. The van der Waals surface area contributed by atoms with Crippen molar-refractivity contribution in [1.29, 1.82) is 0 Å². The molecule has 0 radical (unpaired) electrons. The zero-order valence-corrected chi connectivity index (χ0v) is 20.3. The summed E-state index contributed by atoms with van der Waals surface area (Å²) in [4.78, 5) is 24.6. The molecule has 2 fully saturated rings. The quantitative estimate of drug-likeness (QED) is 0.544. The number of carboxylic acids is 1. The van der Waals surface area contributed by atoms with E-state index >= 15 is 0 Å². The zero-order chi connectivity index (χ0) is 23.5. The number of carbonyl (C=O) groups is 2. The highest BCUT2D eigenvalue weighted by atomic mass is 79.9. The minimum absolute atomic E-state index is 0.182. The molecule has 0 aliphatic carbocycles. The molecule has 3 heterocycles. The standard InChI is InChI=1S/C22H24BrNO8S/c1-11(20(26)27)30-19-17(24-12(2)25)22(33-14-7-5-13(23)6-8-14)31-16-10-29-21(32-18(16)19)15-4-3-9-28-15/h3-9,11,16-19,21-22H,10H2,1-2H3,(H,24,25)(H,26,27). The molecule has 11 heteroatoms. The van der Waals surface area contributed by atoms with Crippen LogP contribution in [0, 0.1) is 0 Å². The highest BCUT2D eigenvalue weighted by Gasteiger charge is 2.52. The lowest BCUT2D eigenvalue weighted by Crippen LogP contribution is -2.66. The van der Waals surface area contributed by atoms with Gasteiger partial charge >= 0.3 is 5.97 Å². The van der Waals surface area contributed by atoms with Gasteiger partial charge in [-0.1, -0.05) is 27.7 Å². The summed E-state index contributed by atoms with van der Waals surface area (Å²) in [5, 5.41) is 12.4. The van der Waals surface area contributed by atoms with Crippen molar-refractivity contribution >= 4 is 39.6 Å². The fourth-order valence-electron chi connectivity index (χ4n) is 3.73. The van der Waals surface area contributed by atoms with E-state index < -0.39 is 48.2 Å². The number of hydrogen-bond donors (Lipinski definition) is 2. The molecule has 4 rings (SSSR count). The number of halogens is 1. The van der Waals surface area contributed by atoms with Gasteiger partial charge in [-0.2, -0.15) is 0 Å². The van der Waals surface area contributed by atoms with Crippen molar-refractivity contribution in [3.8, 4) is 0 Å². The third-order valence-corrected chi connectivity index (χ3v) is 6.97. The fraction of sp³-hybridized carbons (Fsp3) is 0.455. The first kappa shape index (κ1) is 24.2. The van der Waals surface area contributed by atoms with Crippen molar-refractivity contribution < 1.29 is 38.1 Å². The van der Waals surface area contributed by atoms with E-state index in [0.717, 1.165) is 9.37 Å². The zero-order valence-electron chi connectivity index (χ0n) is 17.9. The summed E-state index contributed by atoms with van der Waals surface area (Å²) < 4.78 is 30.5. The number of rotatable bonds is 7. The summed E-state index contributed by atoms with van der Waals surface area (Å²) >= 11 is 4.82. The monoisotopic (exact) mass is 541 g/mol. The van der Waals surface area contributed by atoms with E-state index in [4.69, 9.17) is 23.4 Å². The Bertz CT molecular complexity index is 956. The Morgan fingerprint density at radius 1 is 1.24 bits per heavy atom. The number of aliphatic carboxylic acids is 1. The fourth-order valence-corrected chi connectivity index (χ4v) is 5.13. The summed E-state index contributed by atoms with van der Waals surface area (Å²) in [7, 11) is 0. The lowest BCUT2D eigenvalue weighted by atomic mass is 9.96. The van der Waals surface area contributed by atoms with Gasteiger partial charge in [-0.15, -0.1) is 0 Å². The number of furan rings is 1. The van der Waals surface area contributed by atoms with Crippen molar-refractivity contribution in [2.24, 2.45) is 0 Å². The number of benzene rings is 1. The summed E-state index contributed by atoms with van der Waals surface area (Å²) in [6.07, 6.45) is -2.47. The number of amides is 1. The van der Waals surface area contributed by atoms with Gasteiger partial charge in [0.25, 0.3) is 0 Å². The maximum absolute atomic E-state index is 12.1. The second kappa shape index (κ2) is 10.6. The number of hydrogen-bond acceptors (Lipinski definition) is 8. The lowest BCUT2D eigenvalue weighted by Gasteiger charge is -2.49. The number of carboxylic acid groups (broad SMARTS) is 1. The van der Waals surface area contributed by atoms with Gasteiger partial charge in [-0.05, 0) is 43.3 Å². The normalized spacial score (nSPS) is 30.3. The second-order valence-corrected chi connectivity index (χ2v) is 9.79. The van der Waals surface area contributed by atoms with E-state index in [1.807, 2.05) is 24.3 Å². The van der Waals surface area contributed by atoms with Gasteiger partial charge in [0.2, 0.25) is 12.2 Å². The minimum atomic E-state index is -1.13. The van der Waals surface area contributed by atoms with Gasteiger partial charge in [0.1, 0.15) is 23.7 Å². The molecular formula is C22H24BrNO8S. The molecule has 2 aromatic rings. The molecule has 0 bridgehead atoms. The van der Waals surface area contributed by atoms with Crippen LogP contribution in [0.1, 0.15) is 25.9 Å². The maximum atomic E-state index is 12.1. The number of fused-ring (bicyclic) bond motifs is 1. The van der Waals surface area contributed by atoms with E-state index in [9.17, 15) is 14.7 Å². The highest BCUT2D eigenvalue weighted by molar-refractivity contribution is 9.10. The molecule has 7 unspecified atom stereocenters. The summed E-state index contributed by atoms with van der Waals surface area (Å²) in [5.74, 6) is -0.943. The van der Waals surface area contributed by atoms with Crippen LogP contribution in [0.2, 0.25) is 0 Å². The topological polar surface area (TPSA) is 116 Å². The van der Waals surface area contributed by atoms with Crippen molar-refractivity contribution in [2.45, 2.75) is 60.9 Å². The van der Waals surface area contributed by atoms with Gasteiger partial charge in [-0.3, -0.25) is 4.79 Å². The first-order chi connectivity index (χ1) is 15.8. The first-order valence-corrected chi connectivity index (χ1v) is 12.0. The minimum Gasteiger partial charge on any atom is -0.479 e. The average molecular weight is 542 g/mol. The Kier molecular flexibility index (Phi) is 7.77. The highest BCUT2D eigenvalue weighted by Crippen LogP contribution is 2.40. The maximum Gasteiger partial charge on any atom is 0.332 e. The van der Waals surface area contributed by atoms with Gasteiger partial charge < -0.3 is 33.8 Å². The third kappa shape index (κ3) is 5.79. The predicted octanol–water partition coefficient (Wildman–Crippen LogP) is 3.34. The Balaban J connectivity index is 1.64. The number of nitrogens with one attached hydrogen (secondary N) is 1. The smallest absolute Gasteiger partial charge is 0.332 e. The molecule has 178 valence electrons. The van der Waals surface area contributed by atoms with Gasteiger partial charge in [0, 0.05) is 16.3 Å². The van der Waals surface area contributed by atoms with Gasteiger partial charge in [0.05, 0.1) is 18.9 Å². The van der Waals surface area contributed by atoms with Crippen LogP contribution in [0.25, 0.3) is 0 Å². The number of ether oxygens (including phenoxy) is 4. The number of carbonyl (C=O) groups excluding carboxylic acids is 1. The van der Waals surface area contributed by atoms with Crippen LogP contribution in [-0.2, 0) is 28.5 Å². The molecule has 1 aromatic heterocycles. The van der Waals surface area contributed by atoms with E-state index in [1.54, 1.807) is 12.1 Å². The lowest BCUT2D eigenvalue weighted by molar-refractivity contribution is -0.317. The van der Waals surface area contributed by atoms with Crippen LogP contribution in [0.4, 0.5) is 0 Å². The van der Waals surface area contributed by atoms with Crippen LogP contribution in [-0.4, -0.2) is 59.5 Å². The summed E-state index contributed by atoms with van der Waals surface area (Å²) in [5.41, 5.74) is -0.574. The van der Waals surface area contributed by atoms with Gasteiger partial charge in [0.15, 0.2) is 11.9 Å². The molecule has 2 saturated heterocycles. The predicted molar refractivity (Wildman–Crippen MR) is 121 cm³/mol. The Labute approximate surface area is 203 Å². The molecule has 0 saturated carbocycles. The molecule has 2 N–H and O–H groups in total. The molecule has 2 aliphatic rings. The van der Waals surface area contributed by atoms with E-state index in [1.165, 1.54) is 31.9 Å². The van der Waals surface area contributed by atoms with Crippen molar-refractivity contribution in [2.75, 3.05) is 6.61 Å². The van der Waals surface area contributed by atoms with Crippen LogP contribution in [0.15, 0.2) is 56.4 Å². The molecule has 1 aromatic carbocycles. The van der Waals surface area contributed by atoms with Crippen LogP contribution < -0.4 is 5.32 Å². The van der Waals surface area contributed by atoms with E-state index in [0.29, 0.717) is 5.76 Å². The Morgan fingerprint density at radius 2 is 2.00 bits per heavy atom. The second-order valence-electron chi connectivity index (χ2n) is 7.70. The SMILES string of the molecule is CC(=O)NC1C(Sc2ccc(Br)cc2)OC2COC(c3ccco3)OC2C1OC(C)C(=O)O. The molecule has 9 nitrogen and oxygen atoms in total. The van der Waals surface area contributed by atoms with Crippen molar-refractivity contribution in [3.63, 3.8) is 0 Å². The molecule has 2 aliphatic heterocycles. The molecule has 1 amide bonds. The largest absolute Gasteiger partial charge is 0.479 e. The van der Waals surface area contributed by atoms with Crippen LogP contribution >= 0.6 is 27.7 Å². The van der Waals surface area contributed by atoms with E-state index in [2.05, 4.69) is 21.2 Å².